The summed E-state index contributed by atoms with van der Waals surface area (Å²) in [4.78, 5) is 12.3. The molecular weight excluding hydrogens is 415 g/mol. The van der Waals surface area contributed by atoms with E-state index in [-0.39, 0.29) is 23.3 Å². The Morgan fingerprint density at radius 2 is 2.03 bits per heavy atom. The zero-order valence-electron chi connectivity index (χ0n) is 16.2. The number of amides is 1. The average Bonchev–Trinajstić information content (AvgIpc) is 3.04. The first kappa shape index (κ1) is 21.1. The summed E-state index contributed by atoms with van der Waals surface area (Å²) in [5, 5.41) is 11.7. The molecule has 3 aromatic rings. The van der Waals surface area contributed by atoms with Crippen LogP contribution in [0.5, 0.6) is 5.75 Å². The van der Waals surface area contributed by atoms with Gasteiger partial charge >= 0.3 is 0 Å². The van der Waals surface area contributed by atoms with E-state index in [1.165, 1.54) is 30.0 Å². The topological polar surface area (TPSA) is 69.0 Å². The number of carbonyl (C=O) groups excluding carboxylic acids is 1. The summed E-state index contributed by atoms with van der Waals surface area (Å²) < 4.78 is 20.5. The van der Waals surface area contributed by atoms with E-state index < -0.39 is 5.82 Å². The molecule has 0 atom stereocenters. The predicted octanol–water partition coefficient (Wildman–Crippen LogP) is 4.53. The van der Waals surface area contributed by atoms with Gasteiger partial charge in [0, 0.05) is 18.8 Å². The van der Waals surface area contributed by atoms with E-state index in [0.717, 1.165) is 16.8 Å². The number of thioether (sulfide) groups is 1. The summed E-state index contributed by atoms with van der Waals surface area (Å²) >= 11 is 7.03. The van der Waals surface area contributed by atoms with Gasteiger partial charge in [-0.2, -0.15) is 0 Å². The van der Waals surface area contributed by atoms with Crippen LogP contribution in [0.4, 0.5) is 10.1 Å². The van der Waals surface area contributed by atoms with Crippen LogP contribution in [0.2, 0.25) is 5.02 Å². The minimum Gasteiger partial charge on any atom is -0.486 e. The maximum absolute atomic E-state index is 13.2. The van der Waals surface area contributed by atoms with E-state index in [9.17, 15) is 9.18 Å². The molecule has 0 radical (unpaired) electrons. The van der Waals surface area contributed by atoms with E-state index in [0.29, 0.717) is 16.7 Å². The Morgan fingerprint density at radius 3 is 2.79 bits per heavy atom. The highest BCUT2D eigenvalue weighted by Crippen LogP contribution is 2.23. The van der Waals surface area contributed by atoms with E-state index in [4.69, 9.17) is 16.3 Å². The van der Waals surface area contributed by atoms with Crippen LogP contribution in [0.1, 0.15) is 17.0 Å². The van der Waals surface area contributed by atoms with Gasteiger partial charge in [0.05, 0.1) is 10.8 Å². The summed E-state index contributed by atoms with van der Waals surface area (Å²) in [6.07, 6.45) is 0. The molecule has 1 heterocycles. The van der Waals surface area contributed by atoms with Crippen molar-refractivity contribution in [3.63, 3.8) is 0 Å². The van der Waals surface area contributed by atoms with Crippen LogP contribution in [0.25, 0.3) is 0 Å². The second kappa shape index (κ2) is 9.28. The lowest BCUT2D eigenvalue weighted by atomic mass is 10.1. The molecule has 3 rings (SSSR count). The standard InChI is InChI=1S/C20H20ClFN4O2S/c1-12-4-5-13(2)17(8-12)23-19(27)11-29-20-25-24-18(26(20)3)10-28-14-6-7-16(22)15(21)9-14/h4-9H,10-11H2,1-3H3,(H,23,27). The maximum atomic E-state index is 13.2. The summed E-state index contributed by atoms with van der Waals surface area (Å²) in [6.45, 7) is 4.07. The molecule has 0 unspecified atom stereocenters. The minimum absolute atomic E-state index is 0.00781. The Morgan fingerprint density at radius 1 is 1.24 bits per heavy atom. The van der Waals surface area contributed by atoms with Gasteiger partial charge in [-0.1, -0.05) is 35.5 Å². The van der Waals surface area contributed by atoms with E-state index in [2.05, 4.69) is 15.5 Å². The molecule has 0 spiro atoms. The van der Waals surface area contributed by atoms with Crippen molar-refractivity contribution in [1.29, 1.82) is 0 Å². The molecule has 29 heavy (non-hydrogen) atoms. The van der Waals surface area contributed by atoms with E-state index >= 15 is 0 Å². The number of hydrogen-bond donors (Lipinski definition) is 1. The number of nitrogens with zero attached hydrogens (tertiary/aromatic N) is 3. The number of aryl methyl sites for hydroxylation is 2. The third-order valence-electron chi connectivity index (χ3n) is 4.18. The maximum Gasteiger partial charge on any atom is 0.234 e. The number of carbonyl (C=O) groups is 1. The molecule has 1 aromatic heterocycles. The lowest BCUT2D eigenvalue weighted by molar-refractivity contribution is -0.113. The Hall–Kier alpha value is -2.58. The molecule has 6 nitrogen and oxygen atoms in total. The summed E-state index contributed by atoms with van der Waals surface area (Å²) in [6, 6.07) is 10.1. The molecule has 0 saturated carbocycles. The van der Waals surface area contributed by atoms with Gasteiger partial charge in [-0.15, -0.1) is 10.2 Å². The number of rotatable bonds is 7. The number of ether oxygens (including phenoxy) is 1. The highest BCUT2D eigenvalue weighted by atomic mass is 35.5. The molecule has 0 fully saturated rings. The Kier molecular flexibility index (Phi) is 6.76. The van der Waals surface area contributed by atoms with Crippen molar-refractivity contribution >= 4 is 35.0 Å². The second-order valence-electron chi connectivity index (χ2n) is 6.48. The van der Waals surface area contributed by atoms with E-state index in [1.807, 2.05) is 32.0 Å². The van der Waals surface area contributed by atoms with Crippen LogP contribution in [0, 0.1) is 19.7 Å². The molecular formula is C20H20ClFN4O2S. The lowest BCUT2D eigenvalue weighted by Gasteiger charge is -2.09. The highest BCUT2D eigenvalue weighted by molar-refractivity contribution is 7.99. The van der Waals surface area contributed by atoms with E-state index in [1.54, 1.807) is 11.6 Å². The van der Waals surface area contributed by atoms with Crippen molar-refractivity contribution in [1.82, 2.24) is 14.8 Å². The molecule has 1 N–H and O–H groups in total. The third-order valence-corrected chi connectivity index (χ3v) is 5.49. The number of anilines is 1. The van der Waals surface area contributed by atoms with Gasteiger partial charge in [-0.05, 0) is 43.2 Å². The highest BCUT2D eigenvalue weighted by Gasteiger charge is 2.13. The fraction of sp³-hybridized carbons (Fsp3) is 0.250. The van der Waals surface area contributed by atoms with Crippen LogP contribution >= 0.6 is 23.4 Å². The first-order valence-corrected chi connectivity index (χ1v) is 10.2. The monoisotopic (exact) mass is 434 g/mol. The largest absolute Gasteiger partial charge is 0.486 e. The molecule has 0 aliphatic heterocycles. The smallest absolute Gasteiger partial charge is 0.234 e. The van der Waals surface area contributed by atoms with Crippen LogP contribution < -0.4 is 10.1 Å². The van der Waals surface area contributed by atoms with Crippen LogP contribution in [0.15, 0.2) is 41.6 Å². The number of benzene rings is 2. The number of aromatic nitrogens is 3. The zero-order chi connectivity index (χ0) is 21.0. The van der Waals surface area contributed by atoms with Gasteiger partial charge < -0.3 is 14.6 Å². The van der Waals surface area contributed by atoms with Crippen LogP contribution in [-0.4, -0.2) is 26.4 Å². The zero-order valence-corrected chi connectivity index (χ0v) is 17.8. The Balaban J connectivity index is 1.55. The molecule has 0 aliphatic carbocycles. The molecule has 1 amide bonds. The van der Waals surface area contributed by atoms with Gasteiger partial charge in [0.25, 0.3) is 0 Å². The first-order valence-electron chi connectivity index (χ1n) is 8.79. The van der Waals surface area contributed by atoms with Gasteiger partial charge in [-0.3, -0.25) is 4.79 Å². The molecule has 9 heteroatoms. The van der Waals surface area contributed by atoms with Crippen molar-refractivity contribution in [3.05, 3.63) is 64.2 Å². The molecule has 0 aliphatic rings. The van der Waals surface area contributed by atoms with Gasteiger partial charge in [0.2, 0.25) is 5.91 Å². The third kappa shape index (κ3) is 5.48. The fourth-order valence-corrected chi connectivity index (χ4v) is 3.40. The number of nitrogens with one attached hydrogen (secondary N) is 1. The SMILES string of the molecule is Cc1ccc(C)c(NC(=O)CSc2nnc(COc3ccc(F)c(Cl)c3)n2C)c1. The van der Waals surface area contributed by atoms with Crippen LogP contribution in [0.3, 0.4) is 0 Å². The fourth-order valence-electron chi connectivity index (χ4n) is 2.50. The lowest BCUT2D eigenvalue weighted by Crippen LogP contribution is -2.15. The van der Waals surface area contributed by atoms with Gasteiger partial charge in [0.15, 0.2) is 11.0 Å². The van der Waals surface area contributed by atoms with Crippen molar-refractivity contribution < 1.29 is 13.9 Å². The molecule has 2 aromatic carbocycles. The average molecular weight is 435 g/mol. The number of hydrogen-bond acceptors (Lipinski definition) is 5. The van der Waals surface area contributed by atoms with Crippen molar-refractivity contribution in [2.24, 2.45) is 7.05 Å². The van der Waals surface area contributed by atoms with Crippen molar-refractivity contribution in [3.8, 4) is 5.75 Å². The summed E-state index contributed by atoms with van der Waals surface area (Å²) in [5.41, 5.74) is 2.90. The predicted molar refractivity (Wildman–Crippen MR) is 112 cm³/mol. The summed E-state index contributed by atoms with van der Waals surface area (Å²) in [5.74, 6) is 0.582. The van der Waals surface area contributed by atoms with Gasteiger partial charge in [0.1, 0.15) is 18.2 Å². The van der Waals surface area contributed by atoms with Crippen LogP contribution in [-0.2, 0) is 18.4 Å². The second-order valence-corrected chi connectivity index (χ2v) is 7.83. The first-order chi connectivity index (χ1) is 13.8. The molecule has 152 valence electrons. The summed E-state index contributed by atoms with van der Waals surface area (Å²) in [7, 11) is 1.79. The van der Waals surface area contributed by atoms with Gasteiger partial charge in [-0.25, -0.2) is 4.39 Å². The van der Waals surface area contributed by atoms with Crippen molar-refractivity contribution in [2.75, 3.05) is 11.1 Å². The molecule has 0 bridgehead atoms. The quantitative estimate of drug-likeness (QED) is 0.553. The normalized spacial score (nSPS) is 10.8. The molecule has 0 saturated heterocycles. The number of halogens is 2. The Labute approximate surface area is 177 Å². The minimum atomic E-state index is -0.504. The Bertz CT molecular complexity index is 1040. The van der Waals surface area contributed by atoms with Crippen molar-refractivity contribution in [2.45, 2.75) is 25.6 Å².